The van der Waals surface area contributed by atoms with Crippen molar-refractivity contribution in [2.45, 2.75) is 17.1 Å². The molecular weight excluding hydrogens is 477 g/mol. The van der Waals surface area contributed by atoms with Gasteiger partial charge in [0.05, 0.1) is 16.9 Å². The molecule has 0 bridgehead atoms. The molecule has 0 unspecified atom stereocenters. The van der Waals surface area contributed by atoms with Gasteiger partial charge in [-0.25, -0.2) is 14.3 Å². The third-order valence-corrected chi connectivity index (χ3v) is 6.68. The molecule has 2 aromatic heterocycles. The number of thiazole rings is 1. The number of aromatic nitrogens is 3. The number of anilines is 1. The van der Waals surface area contributed by atoms with Gasteiger partial charge in [0, 0.05) is 0 Å². The lowest BCUT2D eigenvalue weighted by Crippen LogP contribution is -2.40. The highest BCUT2D eigenvalue weighted by molar-refractivity contribution is 8.00. The largest absolute Gasteiger partial charge is 0.418 e. The standard InChI is InChI=1S/C21H15F3N4O3S2/c1-32-19-26-17-16(33-19)18(30)28(12-7-3-2-4-8-12)20(31)27(17)11-15(29)25-14-10-6-5-9-13(14)21(22,23)24/h2-10H,11H2,1H3,(H,25,29). The number of amides is 1. The van der Waals surface area contributed by atoms with Crippen LogP contribution in [0.2, 0.25) is 0 Å². The zero-order chi connectivity index (χ0) is 23.8. The molecule has 4 aromatic rings. The summed E-state index contributed by atoms with van der Waals surface area (Å²) in [5, 5.41) is 2.22. The lowest BCUT2D eigenvalue weighted by atomic mass is 10.1. The Balaban J connectivity index is 1.81. The smallest absolute Gasteiger partial charge is 0.324 e. The third-order valence-electron chi connectivity index (χ3n) is 4.66. The van der Waals surface area contributed by atoms with Crippen molar-refractivity contribution in [3.63, 3.8) is 0 Å². The Labute approximate surface area is 192 Å². The molecule has 0 aliphatic heterocycles. The van der Waals surface area contributed by atoms with Crippen LogP contribution in [0.15, 0.2) is 68.5 Å². The summed E-state index contributed by atoms with van der Waals surface area (Å²) in [6.45, 7) is -0.633. The topological polar surface area (TPSA) is 86.0 Å². The van der Waals surface area contributed by atoms with Crippen LogP contribution in [0.3, 0.4) is 0 Å². The number of fused-ring (bicyclic) bond motifs is 1. The Bertz CT molecular complexity index is 1460. The molecule has 4 rings (SSSR count). The van der Waals surface area contributed by atoms with Gasteiger partial charge in [-0.05, 0) is 30.5 Å². The Morgan fingerprint density at radius 3 is 2.42 bits per heavy atom. The Morgan fingerprint density at radius 2 is 1.76 bits per heavy atom. The first-order valence-corrected chi connectivity index (χ1v) is 11.5. The third kappa shape index (κ3) is 4.44. The van der Waals surface area contributed by atoms with Gasteiger partial charge in [-0.1, -0.05) is 42.1 Å². The molecule has 7 nitrogen and oxygen atoms in total. The van der Waals surface area contributed by atoms with Gasteiger partial charge in [0.25, 0.3) is 5.56 Å². The second kappa shape index (κ2) is 8.87. The summed E-state index contributed by atoms with van der Waals surface area (Å²) < 4.78 is 42.4. The van der Waals surface area contributed by atoms with E-state index in [1.54, 1.807) is 36.6 Å². The van der Waals surface area contributed by atoms with Gasteiger partial charge in [-0.3, -0.25) is 14.2 Å². The molecule has 33 heavy (non-hydrogen) atoms. The lowest BCUT2D eigenvalue weighted by molar-refractivity contribution is -0.137. The van der Waals surface area contributed by atoms with Gasteiger partial charge in [0.1, 0.15) is 11.2 Å². The molecule has 0 atom stereocenters. The molecule has 1 amide bonds. The van der Waals surface area contributed by atoms with Crippen LogP contribution in [0.1, 0.15) is 5.56 Å². The van der Waals surface area contributed by atoms with Crippen LogP contribution in [-0.4, -0.2) is 26.3 Å². The van der Waals surface area contributed by atoms with Gasteiger partial charge < -0.3 is 5.32 Å². The number of hydrogen-bond acceptors (Lipinski definition) is 6. The Morgan fingerprint density at radius 1 is 1.09 bits per heavy atom. The minimum Gasteiger partial charge on any atom is -0.324 e. The van der Waals surface area contributed by atoms with E-state index in [4.69, 9.17) is 0 Å². The summed E-state index contributed by atoms with van der Waals surface area (Å²) in [5.74, 6) is -0.868. The SMILES string of the molecule is CSc1nc2c(s1)c(=O)n(-c1ccccc1)c(=O)n2CC(=O)Nc1ccccc1C(F)(F)F. The number of hydrogen-bond donors (Lipinski definition) is 1. The monoisotopic (exact) mass is 492 g/mol. The number of benzene rings is 2. The number of alkyl halides is 3. The van der Waals surface area contributed by atoms with Gasteiger partial charge in [-0.2, -0.15) is 13.2 Å². The molecule has 1 N–H and O–H groups in total. The van der Waals surface area contributed by atoms with Crippen molar-refractivity contribution >= 4 is 45.0 Å². The molecule has 170 valence electrons. The number of carbonyl (C=O) groups excluding carboxylic acids is 1. The zero-order valence-electron chi connectivity index (χ0n) is 16.9. The van der Waals surface area contributed by atoms with Crippen molar-refractivity contribution in [2.24, 2.45) is 0 Å². The van der Waals surface area contributed by atoms with E-state index in [2.05, 4.69) is 10.3 Å². The fourth-order valence-electron chi connectivity index (χ4n) is 3.22. The molecule has 0 spiro atoms. The number of halogens is 3. The fourth-order valence-corrected chi connectivity index (χ4v) is 4.72. The van der Waals surface area contributed by atoms with Crippen LogP contribution < -0.4 is 16.6 Å². The van der Waals surface area contributed by atoms with Crippen molar-refractivity contribution < 1.29 is 18.0 Å². The van der Waals surface area contributed by atoms with Gasteiger partial charge in [0.15, 0.2) is 9.99 Å². The highest BCUT2D eigenvalue weighted by Crippen LogP contribution is 2.34. The summed E-state index contributed by atoms with van der Waals surface area (Å²) in [4.78, 5) is 43.3. The van der Waals surface area contributed by atoms with Gasteiger partial charge >= 0.3 is 11.9 Å². The molecule has 0 radical (unpaired) electrons. The van der Waals surface area contributed by atoms with E-state index in [-0.39, 0.29) is 10.3 Å². The molecule has 0 aliphatic carbocycles. The molecule has 0 aliphatic rings. The number of nitrogens with zero attached hydrogens (tertiary/aromatic N) is 3. The van der Waals surface area contributed by atoms with Crippen LogP contribution in [0.5, 0.6) is 0 Å². The predicted molar refractivity (Wildman–Crippen MR) is 121 cm³/mol. The van der Waals surface area contributed by atoms with Gasteiger partial charge in [-0.15, -0.1) is 11.3 Å². The minimum atomic E-state index is -4.67. The Kier molecular flexibility index (Phi) is 6.13. The average molecular weight is 493 g/mol. The zero-order valence-corrected chi connectivity index (χ0v) is 18.6. The molecule has 0 saturated heterocycles. The number of rotatable bonds is 5. The second-order valence-electron chi connectivity index (χ2n) is 6.77. The van der Waals surface area contributed by atoms with Crippen molar-refractivity contribution in [1.82, 2.24) is 14.1 Å². The summed E-state index contributed by atoms with van der Waals surface area (Å²) >= 11 is 2.33. The fraction of sp³-hybridized carbons (Fsp3) is 0.143. The average Bonchev–Trinajstić information content (AvgIpc) is 3.22. The molecule has 2 heterocycles. The Hall–Kier alpha value is -3.38. The highest BCUT2D eigenvalue weighted by atomic mass is 32.2. The van der Waals surface area contributed by atoms with Crippen LogP contribution in [0.25, 0.3) is 16.0 Å². The van der Waals surface area contributed by atoms with E-state index in [9.17, 15) is 27.6 Å². The van der Waals surface area contributed by atoms with Crippen molar-refractivity contribution in [2.75, 3.05) is 11.6 Å². The lowest BCUT2D eigenvalue weighted by Gasteiger charge is -2.15. The summed E-state index contributed by atoms with van der Waals surface area (Å²) in [5.41, 5.74) is -2.55. The highest BCUT2D eigenvalue weighted by Gasteiger charge is 2.33. The van der Waals surface area contributed by atoms with Crippen LogP contribution in [0, 0.1) is 0 Å². The first kappa shape index (κ1) is 22.8. The van der Waals surface area contributed by atoms with Crippen molar-refractivity contribution in [1.29, 1.82) is 0 Å². The number of carbonyl (C=O) groups is 1. The van der Waals surface area contributed by atoms with Crippen LogP contribution in [0.4, 0.5) is 18.9 Å². The maximum absolute atomic E-state index is 13.3. The maximum Gasteiger partial charge on any atom is 0.418 e. The molecule has 12 heteroatoms. The summed E-state index contributed by atoms with van der Waals surface area (Å²) in [7, 11) is 0. The van der Waals surface area contributed by atoms with Gasteiger partial charge in [0.2, 0.25) is 5.91 Å². The first-order valence-electron chi connectivity index (χ1n) is 9.42. The normalized spacial score (nSPS) is 11.6. The van der Waals surface area contributed by atoms with E-state index in [0.29, 0.717) is 10.0 Å². The van der Waals surface area contributed by atoms with E-state index < -0.39 is 41.1 Å². The molecule has 2 aromatic carbocycles. The van der Waals surface area contributed by atoms with E-state index in [1.165, 1.54) is 23.9 Å². The van der Waals surface area contributed by atoms with Crippen LogP contribution in [-0.2, 0) is 17.5 Å². The summed E-state index contributed by atoms with van der Waals surface area (Å²) in [6, 6.07) is 12.7. The quantitative estimate of drug-likeness (QED) is 0.426. The molecule has 0 fully saturated rings. The van der Waals surface area contributed by atoms with Crippen molar-refractivity contribution in [3.05, 3.63) is 81.0 Å². The predicted octanol–water partition coefficient (Wildman–Crippen LogP) is 3.99. The van der Waals surface area contributed by atoms with Crippen LogP contribution >= 0.6 is 23.1 Å². The number of nitrogens with one attached hydrogen (secondary N) is 1. The molecular formula is C21H15F3N4O3S2. The second-order valence-corrected chi connectivity index (χ2v) is 8.83. The number of para-hydroxylation sites is 2. The van der Waals surface area contributed by atoms with Crippen molar-refractivity contribution in [3.8, 4) is 5.69 Å². The summed E-state index contributed by atoms with van der Waals surface area (Å²) in [6.07, 6.45) is -2.92. The van der Waals surface area contributed by atoms with E-state index in [0.717, 1.165) is 32.6 Å². The maximum atomic E-state index is 13.3. The van der Waals surface area contributed by atoms with E-state index in [1.807, 2.05) is 0 Å². The minimum absolute atomic E-state index is 0.00536. The molecule has 0 saturated carbocycles. The number of thioether (sulfide) groups is 1. The first-order chi connectivity index (χ1) is 15.7. The van der Waals surface area contributed by atoms with E-state index >= 15 is 0 Å².